The number of carboxylic acid groups (broad SMARTS) is 1. The van der Waals surface area contributed by atoms with Gasteiger partial charge in [0.25, 0.3) is 0 Å². The minimum atomic E-state index is -2.10. The van der Waals surface area contributed by atoms with E-state index in [2.05, 4.69) is 0 Å². The topological polar surface area (TPSA) is 57.5 Å². The summed E-state index contributed by atoms with van der Waals surface area (Å²) in [5.74, 6) is -9.62. The Bertz CT molecular complexity index is 482. The monoisotopic (exact) mass is 264 g/mol. The molecule has 0 aliphatic carbocycles. The van der Waals surface area contributed by atoms with E-state index in [1.807, 2.05) is 0 Å². The fourth-order valence-corrected chi connectivity index (χ4v) is 1.26. The van der Waals surface area contributed by atoms with Crippen molar-refractivity contribution in [2.45, 2.75) is 6.42 Å². The Hall–Kier alpha value is -1.89. The lowest BCUT2D eigenvalue weighted by molar-refractivity contribution is 0.0683. The summed E-state index contributed by atoms with van der Waals surface area (Å²) in [4.78, 5) is 10.5. The summed E-state index contributed by atoms with van der Waals surface area (Å²) in [6, 6.07) is 0. The lowest BCUT2D eigenvalue weighted by Crippen LogP contribution is -2.11. The number of hydrogen-bond acceptors (Lipinski definition) is 2. The highest BCUT2D eigenvalue weighted by atomic mass is 19.2. The Morgan fingerprint density at radius 3 is 1.94 bits per heavy atom. The van der Waals surface area contributed by atoms with Crippen molar-refractivity contribution in [3.05, 3.63) is 40.5 Å². The smallest absolute Gasteiger partial charge is 0.341 e. The molecule has 0 saturated carbocycles. The Morgan fingerprint density at radius 2 is 1.56 bits per heavy atom. The number of carboxylic acids is 1. The standard InChI is InChI=1S/C11H8F4O3/c12-7-5(3-1-2-4-16)8(13)10(15)6(9(7)14)11(17)18/h1,3,16H,2,4H2,(H,17,18). The van der Waals surface area contributed by atoms with E-state index in [9.17, 15) is 22.4 Å². The lowest BCUT2D eigenvalue weighted by Gasteiger charge is -2.06. The fraction of sp³-hybridized carbons (Fsp3) is 0.182. The van der Waals surface area contributed by atoms with Crippen LogP contribution in [0.3, 0.4) is 0 Å². The second kappa shape index (κ2) is 5.63. The Morgan fingerprint density at radius 1 is 1.06 bits per heavy atom. The molecule has 0 atom stereocenters. The van der Waals surface area contributed by atoms with Crippen molar-refractivity contribution in [1.29, 1.82) is 0 Å². The van der Waals surface area contributed by atoms with Gasteiger partial charge in [0, 0.05) is 6.61 Å². The van der Waals surface area contributed by atoms with Gasteiger partial charge in [-0.25, -0.2) is 22.4 Å². The summed E-state index contributed by atoms with van der Waals surface area (Å²) in [6.07, 6.45) is 1.86. The van der Waals surface area contributed by atoms with Crippen LogP contribution in [0.2, 0.25) is 0 Å². The lowest BCUT2D eigenvalue weighted by atomic mass is 10.1. The second-order valence-corrected chi connectivity index (χ2v) is 3.26. The van der Waals surface area contributed by atoms with Crippen molar-refractivity contribution in [1.82, 2.24) is 0 Å². The number of halogens is 4. The van der Waals surface area contributed by atoms with Crippen LogP contribution >= 0.6 is 0 Å². The molecule has 1 aromatic carbocycles. The average Bonchev–Trinajstić information content (AvgIpc) is 2.31. The van der Waals surface area contributed by atoms with Crippen LogP contribution in [0.15, 0.2) is 6.08 Å². The summed E-state index contributed by atoms with van der Waals surface area (Å²) in [7, 11) is 0. The molecule has 1 aromatic rings. The van der Waals surface area contributed by atoms with Crippen LogP contribution in [-0.4, -0.2) is 22.8 Å². The van der Waals surface area contributed by atoms with E-state index in [0.717, 1.165) is 12.2 Å². The molecule has 2 N–H and O–H groups in total. The van der Waals surface area contributed by atoms with Crippen LogP contribution in [0.1, 0.15) is 22.3 Å². The molecule has 0 aromatic heterocycles. The number of aromatic carboxylic acids is 1. The predicted octanol–water partition coefficient (Wildman–Crippen LogP) is 2.34. The number of aliphatic hydroxyl groups excluding tert-OH is 1. The Kier molecular flexibility index (Phi) is 4.43. The van der Waals surface area contributed by atoms with Crippen LogP contribution in [0.25, 0.3) is 6.08 Å². The molecule has 0 radical (unpaired) electrons. The fourth-order valence-electron chi connectivity index (χ4n) is 1.26. The van der Waals surface area contributed by atoms with Gasteiger partial charge in [0.2, 0.25) is 0 Å². The molecule has 98 valence electrons. The zero-order valence-corrected chi connectivity index (χ0v) is 8.88. The van der Waals surface area contributed by atoms with E-state index in [1.54, 1.807) is 0 Å². The van der Waals surface area contributed by atoms with Gasteiger partial charge in [0.15, 0.2) is 23.3 Å². The maximum absolute atomic E-state index is 13.3. The predicted molar refractivity (Wildman–Crippen MR) is 54.0 cm³/mol. The van der Waals surface area contributed by atoms with E-state index >= 15 is 0 Å². The summed E-state index contributed by atoms with van der Waals surface area (Å²) in [5.41, 5.74) is -2.70. The highest BCUT2D eigenvalue weighted by Crippen LogP contribution is 2.25. The molecule has 7 heteroatoms. The van der Waals surface area contributed by atoms with Gasteiger partial charge in [-0.2, -0.15) is 0 Å². The van der Waals surface area contributed by atoms with Crippen molar-refractivity contribution in [3.63, 3.8) is 0 Å². The molecule has 1 rings (SSSR count). The number of aliphatic hydroxyl groups is 1. The normalized spacial score (nSPS) is 11.2. The molecule has 18 heavy (non-hydrogen) atoms. The summed E-state index contributed by atoms with van der Waals surface area (Å²) in [6.45, 7) is -0.308. The minimum absolute atomic E-state index is 0.0306. The van der Waals surface area contributed by atoms with E-state index in [-0.39, 0.29) is 13.0 Å². The Balaban J connectivity index is 3.44. The van der Waals surface area contributed by atoms with Gasteiger partial charge < -0.3 is 10.2 Å². The van der Waals surface area contributed by atoms with E-state index < -0.39 is 40.4 Å². The van der Waals surface area contributed by atoms with Crippen LogP contribution in [-0.2, 0) is 0 Å². The van der Waals surface area contributed by atoms with E-state index in [4.69, 9.17) is 10.2 Å². The summed E-state index contributed by atoms with van der Waals surface area (Å²) < 4.78 is 53.1. The molecule has 0 heterocycles. The molecule has 0 aliphatic rings. The number of benzene rings is 1. The van der Waals surface area contributed by atoms with Crippen molar-refractivity contribution in [3.8, 4) is 0 Å². The average molecular weight is 264 g/mol. The van der Waals surface area contributed by atoms with Gasteiger partial charge in [-0.15, -0.1) is 0 Å². The third-order valence-electron chi connectivity index (χ3n) is 2.09. The Labute approximate surface area is 99.0 Å². The van der Waals surface area contributed by atoms with Crippen LogP contribution < -0.4 is 0 Å². The van der Waals surface area contributed by atoms with Crippen molar-refractivity contribution < 1.29 is 32.6 Å². The molecular formula is C11H8F4O3. The molecular weight excluding hydrogens is 256 g/mol. The maximum atomic E-state index is 13.3. The molecule has 0 aliphatic heterocycles. The van der Waals surface area contributed by atoms with Gasteiger partial charge in [0.05, 0.1) is 5.56 Å². The van der Waals surface area contributed by atoms with Crippen molar-refractivity contribution in [2.75, 3.05) is 6.61 Å². The van der Waals surface area contributed by atoms with E-state index in [0.29, 0.717) is 0 Å². The number of carbonyl (C=O) groups is 1. The molecule has 0 bridgehead atoms. The largest absolute Gasteiger partial charge is 0.477 e. The van der Waals surface area contributed by atoms with E-state index in [1.165, 1.54) is 0 Å². The first-order valence-electron chi connectivity index (χ1n) is 4.78. The highest BCUT2D eigenvalue weighted by Gasteiger charge is 2.27. The second-order valence-electron chi connectivity index (χ2n) is 3.26. The zero-order valence-electron chi connectivity index (χ0n) is 8.88. The maximum Gasteiger partial charge on any atom is 0.341 e. The molecule has 0 spiro atoms. The number of hydrogen-bond donors (Lipinski definition) is 2. The molecule has 0 fully saturated rings. The van der Waals surface area contributed by atoms with Gasteiger partial charge >= 0.3 is 5.97 Å². The zero-order chi connectivity index (χ0) is 13.9. The molecule has 0 unspecified atom stereocenters. The number of rotatable bonds is 4. The van der Waals surface area contributed by atoms with Crippen LogP contribution in [0.5, 0.6) is 0 Å². The molecule has 0 saturated heterocycles. The highest BCUT2D eigenvalue weighted by molar-refractivity contribution is 5.88. The molecule has 0 amide bonds. The third-order valence-corrected chi connectivity index (χ3v) is 2.09. The van der Waals surface area contributed by atoms with Gasteiger partial charge in [-0.05, 0) is 6.42 Å². The van der Waals surface area contributed by atoms with Crippen LogP contribution in [0, 0.1) is 23.3 Å². The van der Waals surface area contributed by atoms with Gasteiger partial charge in [-0.3, -0.25) is 0 Å². The summed E-state index contributed by atoms with van der Waals surface area (Å²) >= 11 is 0. The van der Waals surface area contributed by atoms with Crippen molar-refractivity contribution >= 4 is 12.0 Å². The van der Waals surface area contributed by atoms with Crippen molar-refractivity contribution in [2.24, 2.45) is 0 Å². The van der Waals surface area contributed by atoms with Crippen LogP contribution in [0.4, 0.5) is 17.6 Å². The van der Waals surface area contributed by atoms with Gasteiger partial charge in [0.1, 0.15) is 5.56 Å². The first-order valence-corrected chi connectivity index (χ1v) is 4.78. The van der Waals surface area contributed by atoms with Gasteiger partial charge in [-0.1, -0.05) is 12.2 Å². The first kappa shape index (κ1) is 14.2. The third kappa shape index (κ3) is 2.51. The molecule has 3 nitrogen and oxygen atoms in total. The minimum Gasteiger partial charge on any atom is -0.477 e. The quantitative estimate of drug-likeness (QED) is 0.648. The SMILES string of the molecule is O=C(O)c1c(F)c(F)c(C=CCCO)c(F)c1F. The first-order chi connectivity index (χ1) is 8.41. The summed E-state index contributed by atoms with van der Waals surface area (Å²) in [5, 5.41) is 16.9.